The van der Waals surface area contributed by atoms with Crippen molar-refractivity contribution in [2.75, 3.05) is 6.61 Å². The van der Waals surface area contributed by atoms with E-state index in [1.54, 1.807) is 18.7 Å². The maximum absolute atomic E-state index is 5.09. The van der Waals surface area contributed by atoms with Gasteiger partial charge in [-0.15, -0.1) is 0 Å². The number of hydrogen-bond acceptors (Lipinski definition) is 4. The third kappa shape index (κ3) is 1.56. The summed E-state index contributed by atoms with van der Waals surface area (Å²) in [6.07, 6.45) is 6.47. The van der Waals surface area contributed by atoms with E-state index in [1.807, 2.05) is 6.92 Å². The van der Waals surface area contributed by atoms with Crippen LogP contribution in [0.15, 0.2) is 18.9 Å². The lowest BCUT2D eigenvalue weighted by Gasteiger charge is -1.94. The Morgan fingerprint density at radius 1 is 1.43 bits per heavy atom. The molecule has 0 bridgehead atoms. The lowest BCUT2D eigenvalue weighted by Crippen LogP contribution is -1.86. The zero-order chi connectivity index (χ0) is 9.80. The van der Waals surface area contributed by atoms with Crippen LogP contribution < -0.4 is 0 Å². The Balaban J connectivity index is 2.36. The summed E-state index contributed by atoms with van der Waals surface area (Å²) < 4.78 is 5.09. The molecule has 0 fully saturated rings. The molecule has 0 spiro atoms. The second-order valence-corrected chi connectivity index (χ2v) is 2.62. The minimum Gasteiger partial charge on any atom is -0.501 e. The number of aromatic nitrogens is 4. The SMILES string of the molecule is CCOC=Cc1ncnc2nc[nH]c12. The Bertz CT molecular complexity index is 449. The van der Waals surface area contributed by atoms with Crippen LogP contribution in [0, 0.1) is 0 Å². The number of hydrogen-bond donors (Lipinski definition) is 1. The molecule has 5 nitrogen and oxygen atoms in total. The van der Waals surface area contributed by atoms with Crippen LogP contribution in [-0.2, 0) is 4.74 Å². The summed E-state index contributed by atoms with van der Waals surface area (Å²) >= 11 is 0. The van der Waals surface area contributed by atoms with Crippen LogP contribution in [0.4, 0.5) is 0 Å². The Kier molecular flexibility index (Phi) is 2.40. The highest BCUT2D eigenvalue weighted by Gasteiger charge is 2.01. The molecule has 2 rings (SSSR count). The number of rotatable bonds is 3. The smallest absolute Gasteiger partial charge is 0.181 e. The quantitative estimate of drug-likeness (QED) is 0.742. The molecular formula is C9H10N4O. The molecule has 0 saturated carbocycles. The molecule has 2 heterocycles. The Morgan fingerprint density at radius 2 is 2.36 bits per heavy atom. The molecular weight excluding hydrogens is 180 g/mol. The van der Waals surface area contributed by atoms with E-state index in [1.165, 1.54) is 6.33 Å². The van der Waals surface area contributed by atoms with E-state index in [9.17, 15) is 0 Å². The second-order valence-electron chi connectivity index (χ2n) is 2.62. The first-order valence-corrected chi connectivity index (χ1v) is 4.34. The van der Waals surface area contributed by atoms with Gasteiger partial charge in [0.15, 0.2) is 5.65 Å². The fourth-order valence-electron chi connectivity index (χ4n) is 1.12. The second kappa shape index (κ2) is 3.87. The maximum Gasteiger partial charge on any atom is 0.181 e. The van der Waals surface area contributed by atoms with Crippen LogP contribution in [0.2, 0.25) is 0 Å². The summed E-state index contributed by atoms with van der Waals surface area (Å²) in [6.45, 7) is 2.57. The summed E-state index contributed by atoms with van der Waals surface area (Å²) in [5.41, 5.74) is 2.26. The third-order valence-corrected chi connectivity index (χ3v) is 1.74. The molecule has 0 aromatic carbocycles. The van der Waals surface area contributed by atoms with E-state index in [4.69, 9.17) is 4.74 Å². The fourth-order valence-corrected chi connectivity index (χ4v) is 1.12. The van der Waals surface area contributed by atoms with Gasteiger partial charge in [0.25, 0.3) is 0 Å². The van der Waals surface area contributed by atoms with Gasteiger partial charge in [0.05, 0.1) is 24.9 Å². The molecule has 0 aliphatic rings. The molecule has 14 heavy (non-hydrogen) atoms. The molecule has 1 N–H and O–H groups in total. The predicted octanol–water partition coefficient (Wildman–Crippen LogP) is 1.36. The molecule has 0 aliphatic carbocycles. The summed E-state index contributed by atoms with van der Waals surface area (Å²) in [7, 11) is 0. The normalized spacial score (nSPS) is 11.2. The number of nitrogens with zero attached hydrogens (tertiary/aromatic N) is 3. The minimum atomic E-state index is 0.647. The monoisotopic (exact) mass is 190 g/mol. The van der Waals surface area contributed by atoms with E-state index in [2.05, 4.69) is 19.9 Å². The highest BCUT2D eigenvalue weighted by atomic mass is 16.5. The molecule has 0 radical (unpaired) electrons. The van der Waals surface area contributed by atoms with E-state index < -0.39 is 0 Å². The van der Waals surface area contributed by atoms with Crippen molar-refractivity contribution in [3.8, 4) is 0 Å². The van der Waals surface area contributed by atoms with Crippen LogP contribution in [0.1, 0.15) is 12.6 Å². The first-order chi connectivity index (χ1) is 6.92. The topological polar surface area (TPSA) is 63.7 Å². The fraction of sp³-hybridized carbons (Fsp3) is 0.222. The zero-order valence-corrected chi connectivity index (χ0v) is 7.77. The van der Waals surface area contributed by atoms with E-state index in [0.29, 0.717) is 12.3 Å². The highest BCUT2D eigenvalue weighted by molar-refractivity contribution is 5.78. The van der Waals surface area contributed by atoms with Gasteiger partial charge in [-0.05, 0) is 6.92 Å². The average molecular weight is 190 g/mol. The Labute approximate surface area is 80.9 Å². The van der Waals surface area contributed by atoms with Gasteiger partial charge < -0.3 is 9.72 Å². The average Bonchev–Trinajstić information content (AvgIpc) is 2.67. The van der Waals surface area contributed by atoms with Crippen molar-refractivity contribution in [3.05, 3.63) is 24.6 Å². The van der Waals surface area contributed by atoms with Crippen LogP contribution in [-0.4, -0.2) is 26.5 Å². The number of aromatic amines is 1. The summed E-state index contributed by atoms with van der Waals surface area (Å²) in [5, 5.41) is 0. The van der Waals surface area contributed by atoms with Crippen molar-refractivity contribution in [2.45, 2.75) is 6.92 Å². The molecule has 5 heteroatoms. The van der Waals surface area contributed by atoms with Crippen molar-refractivity contribution >= 4 is 17.2 Å². The lowest BCUT2D eigenvalue weighted by atomic mass is 10.3. The number of H-pyrrole nitrogens is 1. The molecule has 0 unspecified atom stereocenters. The van der Waals surface area contributed by atoms with Crippen molar-refractivity contribution in [2.24, 2.45) is 0 Å². The molecule has 0 aliphatic heterocycles. The predicted molar refractivity (Wildman–Crippen MR) is 52.3 cm³/mol. The highest BCUT2D eigenvalue weighted by Crippen LogP contribution is 2.10. The van der Waals surface area contributed by atoms with Gasteiger partial charge in [0.2, 0.25) is 0 Å². The zero-order valence-electron chi connectivity index (χ0n) is 7.77. The van der Waals surface area contributed by atoms with E-state index >= 15 is 0 Å². The molecule has 0 amide bonds. The molecule has 2 aromatic heterocycles. The first-order valence-electron chi connectivity index (χ1n) is 4.34. The van der Waals surface area contributed by atoms with Crippen LogP contribution in [0.5, 0.6) is 0 Å². The van der Waals surface area contributed by atoms with Gasteiger partial charge in [-0.2, -0.15) is 0 Å². The van der Waals surface area contributed by atoms with Crippen LogP contribution in [0.25, 0.3) is 17.2 Å². The number of nitrogens with one attached hydrogen (secondary N) is 1. The summed E-state index contributed by atoms with van der Waals surface area (Å²) in [5.74, 6) is 0. The maximum atomic E-state index is 5.09. The van der Waals surface area contributed by atoms with E-state index in [-0.39, 0.29) is 0 Å². The Morgan fingerprint density at radius 3 is 3.21 bits per heavy atom. The molecule has 0 saturated heterocycles. The van der Waals surface area contributed by atoms with Crippen molar-refractivity contribution in [1.29, 1.82) is 0 Å². The molecule has 2 aromatic rings. The van der Waals surface area contributed by atoms with Gasteiger partial charge in [0.1, 0.15) is 11.8 Å². The van der Waals surface area contributed by atoms with Crippen molar-refractivity contribution in [1.82, 2.24) is 19.9 Å². The van der Waals surface area contributed by atoms with Crippen LogP contribution in [0.3, 0.4) is 0 Å². The number of imidazole rings is 1. The van der Waals surface area contributed by atoms with Crippen molar-refractivity contribution < 1.29 is 4.74 Å². The largest absolute Gasteiger partial charge is 0.501 e. The lowest BCUT2D eigenvalue weighted by molar-refractivity contribution is 0.272. The molecule has 72 valence electrons. The molecule has 0 atom stereocenters. The van der Waals surface area contributed by atoms with E-state index in [0.717, 1.165) is 11.2 Å². The number of fused-ring (bicyclic) bond motifs is 1. The van der Waals surface area contributed by atoms with Crippen LogP contribution >= 0.6 is 0 Å². The van der Waals surface area contributed by atoms with Gasteiger partial charge in [-0.1, -0.05) is 0 Å². The summed E-state index contributed by atoms with van der Waals surface area (Å²) in [6, 6.07) is 0. The minimum absolute atomic E-state index is 0.647. The van der Waals surface area contributed by atoms with Crippen molar-refractivity contribution in [3.63, 3.8) is 0 Å². The first kappa shape index (κ1) is 8.68. The van der Waals surface area contributed by atoms with Gasteiger partial charge in [-0.3, -0.25) is 0 Å². The standard InChI is InChI=1S/C9H10N4O/c1-2-14-4-3-7-8-9(12-5-10-7)13-6-11-8/h3-6H,2H2,1H3,(H,10,11,12,13). The summed E-state index contributed by atoms with van der Waals surface area (Å²) in [4.78, 5) is 15.1. The van der Waals surface area contributed by atoms with Gasteiger partial charge in [0, 0.05) is 6.08 Å². The number of ether oxygens (including phenoxy) is 1. The van der Waals surface area contributed by atoms with Gasteiger partial charge >= 0.3 is 0 Å². The third-order valence-electron chi connectivity index (χ3n) is 1.74. The van der Waals surface area contributed by atoms with Gasteiger partial charge in [-0.25, -0.2) is 15.0 Å². The Hall–Kier alpha value is -1.91.